The maximum absolute atomic E-state index is 12.7. The zero-order chi connectivity index (χ0) is 19.1. The number of aryl methyl sites for hydroxylation is 1. The van der Waals surface area contributed by atoms with E-state index in [2.05, 4.69) is 5.32 Å². The van der Waals surface area contributed by atoms with Crippen LogP contribution in [0, 0.1) is 6.92 Å². The van der Waals surface area contributed by atoms with Crippen LogP contribution in [-0.2, 0) is 4.79 Å². The topological polar surface area (TPSA) is 56.8 Å². The summed E-state index contributed by atoms with van der Waals surface area (Å²) < 4.78 is 16.5. The fraction of sp³-hybridized carbons (Fsp3) is 0.381. The zero-order valence-corrected chi connectivity index (χ0v) is 16.0. The van der Waals surface area contributed by atoms with E-state index in [4.69, 9.17) is 14.2 Å². The molecular formula is C21H27NO4. The third-order valence-corrected chi connectivity index (χ3v) is 4.22. The number of amides is 1. The SMILES string of the molecule is CCC(Oc1ccc(C)cc1)C(=O)NC(C)c1cc(OC)ccc1OC. The molecule has 0 bridgehead atoms. The number of ether oxygens (including phenoxy) is 3. The van der Waals surface area contributed by atoms with Gasteiger partial charge in [-0.05, 0) is 50.6 Å². The average Bonchev–Trinajstić information content (AvgIpc) is 2.66. The standard InChI is InChI=1S/C21H27NO4/c1-6-19(26-16-9-7-14(2)8-10-16)21(23)22-15(3)18-13-17(24-4)11-12-20(18)25-5/h7-13,15,19H,6H2,1-5H3,(H,22,23). The number of nitrogens with one attached hydrogen (secondary N) is 1. The second-order valence-corrected chi connectivity index (χ2v) is 6.17. The van der Waals surface area contributed by atoms with E-state index in [-0.39, 0.29) is 11.9 Å². The first-order valence-electron chi connectivity index (χ1n) is 8.74. The van der Waals surface area contributed by atoms with Gasteiger partial charge in [-0.25, -0.2) is 0 Å². The normalized spacial score (nSPS) is 12.8. The van der Waals surface area contributed by atoms with Crippen LogP contribution in [0.3, 0.4) is 0 Å². The summed E-state index contributed by atoms with van der Waals surface area (Å²) in [5, 5.41) is 3.01. The van der Waals surface area contributed by atoms with E-state index in [1.807, 2.05) is 63.2 Å². The van der Waals surface area contributed by atoms with Gasteiger partial charge >= 0.3 is 0 Å². The van der Waals surface area contributed by atoms with Gasteiger partial charge in [0.05, 0.1) is 20.3 Å². The first-order chi connectivity index (χ1) is 12.5. The molecule has 0 heterocycles. The molecule has 0 aliphatic heterocycles. The van der Waals surface area contributed by atoms with Crippen molar-refractivity contribution in [2.45, 2.75) is 39.3 Å². The van der Waals surface area contributed by atoms with Crippen LogP contribution >= 0.6 is 0 Å². The largest absolute Gasteiger partial charge is 0.497 e. The van der Waals surface area contributed by atoms with E-state index in [9.17, 15) is 4.79 Å². The lowest BCUT2D eigenvalue weighted by Gasteiger charge is -2.22. The lowest BCUT2D eigenvalue weighted by Crippen LogP contribution is -2.39. The van der Waals surface area contributed by atoms with Gasteiger partial charge in [0.15, 0.2) is 6.10 Å². The zero-order valence-electron chi connectivity index (χ0n) is 16.0. The Morgan fingerprint density at radius 1 is 1.04 bits per heavy atom. The molecule has 0 fully saturated rings. The molecular weight excluding hydrogens is 330 g/mol. The summed E-state index contributed by atoms with van der Waals surface area (Å²) in [7, 11) is 3.21. The van der Waals surface area contributed by atoms with Crippen molar-refractivity contribution in [2.75, 3.05) is 14.2 Å². The fourth-order valence-corrected chi connectivity index (χ4v) is 2.67. The number of benzene rings is 2. The predicted octanol–water partition coefficient (Wildman–Crippen LogP) is 4.05. The van der Waals surface area contributed by atoms with E-state index in [1.54, 1.807) is 14.2 Å². The number of hydrogen-bond acceptors (Lipinski definition) is 4. The summed E-state index contributed by atoms with van der Waals surface area (Å²) in [5.41, 5.74) is 2.00. The molecule has 0 spiro atoms. The van der Waals surface area contributed by atoms with Gasteiger partial charge in [-0.15, -0.1) is 0 Å². The Labute approximate surface area is 155 Å². The number of methoxy groups -OCH3 is 2. The van der Waals surface area contributed by atoms with Crippen LogP contribution in [0.25, 0.3) is 0 Å². The van der Waals surface area contributed by atoms with Crippen LogP contribution in [-0.4, -0.2) is 26.2 Å². The van der Waals surface area contributed by atoms with Crippen molar-refractivity contribution in [1.29, 1.82) is 0 Å². The summed E-state index contributed by atoms with van der Waals surface area (Å²) >= 11 is 0. The van der Waals surface area contributed by atoms with Crippen molar-refractivity contribution in [2.24, 2.45) is 0 Å². The van der Waals surface area contributed by atoms with Gasteiger partial charge in [0.2, 0.25) is 0 Å². The quantitative estimate of drug-likeness (QED) is 0.774. The molecule has 5 heteroatoms. The van der Waals surface area contributed by atoms with Crippen molar-refractivity contribution in [3.8, 4) is 17.2 Å². The number of rotatable bonds is 8. The van der Waals surface area contributed by atoms with Crippen molar-refractivity contribution in [3.63, 3.8) is 0 Å². The first kappa shape index (κ1) is 19.6. The molecule has 2 aromatic rings. The van der Waals surface area contributed by atoms with Crippen LogP contribution in [0.1, 0.15) is 37.4 Å². The van der Waals surface area contributed by atoms with Gasteiger partial charge in [0, 0.05) is 5.56 Å². The Bertz CT molecular complexity index is 727. The first-order valence-corrected chi connectivity index (χ1v) is 8.74. The molecule has 0 saturated heterocycles. The van der Waals surface area contributed by atoms with Gasteiger partial charge in [-0.1, -0.05) is 24.6 Å². The van der Waals surface area contributed by atoms with Gasteiger partial charge in [-0.2, -0.15) is 0 Å². The monoisotopic (exact) mass is 357 g/mol. The molecule has 0 radical (unpaired) electrons. The highest BCUT2D eigenvalue weighted by Crippen LogP contribution is 2.29. The van der Waals surface area contributed by atoms with Crippen LogP contribution in [0.5, 0.6) is 17.2 Å². The molecule has 2 atom stereocenters. The highest BCUT2D eigenvalue weighted by atomic mass is 16.5. The lowest BCUT2D eigenvalue weighted by atomic mass is 10.1. The highest BCUT2D eigenvalue weighted by molar-refractivity contribution is 5.81. The van der Waals surface area contributed by atoms with E-state index in [0.717, 1.165) is 11.1 Å². The third-order valence-electron chi connectivity index (χ3n) is 4.22. The van der Waals surface area contributed by atoms with Crippen LogP contribution in [0.15, 0.2) is 42.5 Å². The Balaban J connectivity index is 2.10. The summed E-state index contributed by atoms with van der Waals surface area (Å²) in [6, 6.07) is 12.9. The van der Waals surface area contributed by atoms with Gasteiger partial charge in [-0.3, -0.25) is 4.79 Å². The minimum atomic E-state index is -0.559. The van der Waals surface area contributed by atoms with Gasteiger partial charge in [0.1, 0.15) is 17.2 Å². The molecule has 5 nitrogen and oxygen atoms in total. The summed E-state index contributed by atoms with van der Waals surface area (Å²) in [4.78, 5) is 12.7. The second-order valence-electron chi connectivity index (χ2n) is 6.17. The smallest absolute Gasteiger partial charge is 0.261 e. The highest BCUT2D eigenvalue weighted by Gasteiger charge is 2.22. The molecule has 2 rings (SSSR count). The van der Waals surface area contributed by atoms with Crippen molar-refractivity contribution >= 4 is 5.91 Å². The Morgan fingerprint density at radius 2 is 1.69 bits per heavy atom. The fourth-order valence-electron chi connectivity index (χ4n) is 2.67. The summed E-state index contributed by atoms with van der Waals surface area (Å²) in [6.07, 6.45) is 0.0125. The Morgan fingerprint density at radius 3 is 2.27 bits per heavy atom. The second kappa shape index (κ2) is 9.13. The molecule has 26 heavy (non-hydrogen) atoms. The number of carbonyl (C=O) groups is 1. The molecule has 0 aromatic heterocycles. The van der Waals surface area contributed by atoms with E-state index < -0.39 is 6.10 Å². The molecule has 0 aliphatic carbocycles. The van der Waals surface area contributed by atoms with Crippen molar-refractivity contribution in [1.82, 2.24) is 5.32 Å². The maximum Gasteiger partial charge on any atom is 0.261 e. The van der Waals surface area contributed by atoms with E-state index >= 15 is 0 Å². The summed E-state index contributed by atoms with van der Waals surface area (Å²) in [6.45, 7) is 5.85. The molecule has 140 valence electrons. The minimum absolute atomic E-state index is 0.162. The molecule has 2 unspecified atom stereocenters. The Hall–Kier alpha value is -2.69. The van der Waals surface area contributed by atoms with Crippen LogP contribution in [0.2, 0.25) is 0 Å². The molecule has 0 aliphatic rings. The lowest BCUT2D eigenvalue weighted by molar-refractivity contribution is -0.128. The van der Waals surface area contributed by atoms with Crippen molar-refractivity contribution in [3.05, 3.63) is 53.6 Å². The van der Waals surface area contributed by atoms with Gasteiger partial charge < -0.3 is 19.5 Å². The molecule has 1 N–H and O–H groups in total. The van der Waals surface area contributed by atoms with Crippen molar-refractivity contribution < 1.29 is 19.0 Å². The molecule has 0 saturated carbocycles. The van der Waals surface area contributed by atoms with Crippen LogP contribution < -0.4 is 19.5 Å². The van der Waals surface area contributed by atoms with E-state index in [0.29, 0.717) is 23.7 Å². The van der Waals surface area contributed by atoms with Crippen LogP contribution in [0.4, 0.5) is 0 Å². The predicted molar refractivity (Wildman–Crippen MR) is 102 cm³/mol. The molecule has 1 amide bonds. The average molecular weight is 357 g/mol. The van der Waals surface area contributed by atoms with Gasteiger partial charge in [0.25, 0.3) is 5.91 Å². The molecule has 2 aromatic carbocycles. The number of carbonyl (C=O) groups excluding carboxylic acids is 1. The maximum atomic E-state index is 12.7. The summed E-state index contributed by atoms with van der Waals surface area (Å²) in [5.74, 6) is 1.94. The third kappa shape index (κ3) is 4.91. The minimum Gasteiger partial charge on any atom is -0.497 e. The van der Waals surface area contributed by atoms with E-state index in [1.165, 1.54) is 0 Å². The number of hydrogen-bond donors (Lipinski definition) is 1. The Kier molecular flexibility index (Phi) is 6.89.